The van der Waals surface area contributed by atoms with Gasteiger partial charge < -0.3 is 5.32 Å². The number of amides is 3. The monoisotopic (exact) mass is 364 g/mol. The zero-order chi connectivity index (χ0) is 19.6. The van der Waals surface area contributed by atoms with Gasteiger partial charge in [-0.2, -0.15) is 0 Å². The predicted molar refractivity (Wildman–Crippen MR) is 103 cm³/mol. The summed E-state index contributed by atoms with van der Waals surface area (Å²) < 4.78 is 0. The first-order valence-corrected chi connectivity index (χ1v) is 9.22. The van der Waals surface area contributed by atoms with Crippen LogP contribution >= 0.6 is 0 Å². The van der Waals surface area contributed by atoms with Gasteiger partial charge >= 0.3 is 0 Å². The summed E-state index contributed by atoms with van der Waals surface area (Å²) in [6, 6.07) is 15.3. The highest BCUT2D eigenvalue weighted by molar-refractivity contribution is 6.22. The minimum absolute atomic E-state index is 0.150. The summed E-state index contributed by atoms with van der Waals surface area (Å²) in [6.45, 7) is 5.83. The highest BCUT2D eigenvalue weighted by Crippen LogP contribution is 2.27. The maximum atomic E-state index is 13.0. The van der Waals surface area contributed by atoms with Crippen LogP contribution in [-0.2, 0) is 4.79 Å². The SMILES string of the molecule is CC(C)C[C@@H](C(=O)N[C@@H](C)c1ccccc1)N1C(=O)c2ccccc2C1=O. The Kier molecular flexibility index (Phi) is 5.40. The van der Waals surface area contributed by atoms with Gasteiger partial charge in [0.15, 0.2) is 0 Å². The molecule has 0 spiro atoms. The number of rotatable bonds is 6. The lowest BCUT2D eigenvalue weighted by Gasteiger charge is -2.28. The largest absolute Gasteiger partial charge is 0.348 e. The van der Waals surface area contributed by atoms with Gasteiger partial charge in [-0.25, -0.2) is 0 Å². The molecule has 0 saturated carbocycles. The lowest BCUT2D eigenvalue weighted by molar-refractivity contribution is -0.126. The van der Waals surface area contributed by atoms with Crippen molar-refractivity contribution >= 4 is 17.7 Å². The topological polar surface area (TPSA) is 66.5 Å². The van der Waals surface area contributed by atoms with Crippen molar-refractivity contribution in [1.29, 1.82) is 0 Å². The minimum atomic E-state index is -0.830. The number of imide groups is 1. The molecule has 3 rings (SSSR count). The van der Waals surface area contributed by atoms with Crippen molar-refractivity contribution in [3.63, 3.8) is 0 Å². The van der Waals surface area contributed by atoms with Crippen molar-refractivity contribution < 1.29 is 14.4 Å². The van der Waals surface area contributed by atoms with Crippen molar-refractivity contribution in [2.45, 2.75) is 39.3 Å². The third kappa shape index (κ3) is 3.77. The van der Waals surface area contributed by atoms with E-state index in [0.717, 1.165) is 10.5 Å². The molecule has 1 heterocycles. The van der Waals surface area contributed by atoms with Crippen LogP contribution < -0.4 is 5.32 Å². The highest BCUT2D eigenvalue weighted by Gasteiger charge is 2.42. The van der Waals surface area contributed by atoms with E-state index in [9.17, 15) is 14.4 Å². The Morgan fingerprint density at radius 3 is 1.93 bits per heavy atom. The van der Waals surface area contributed by atoms with E-state index in [1.54, 1.807) is 24.3 Å². The van der Waals surface area contributed by atoms with Crippen molar-refractivity contribution in [1.82, 2.24) is 10.2 Å². The van der Waals surface area contributed by atoms with E-state index in [-0.39, 0.29) is 17.9 Å². The molecule has 0 saturated heterocycles. The van der Waals surface area contributed by atoms with Crippen LogP contribution in [0.15, 0.2) is 54.6 Å². The number of carbonyl (C=O) groups excluding carboxylic acids is 3. The summed E-state index contributed by atoms with van der Waals surface area (Å²) in [7, 11) is 0. The third-order valence-electron chi connectivity index (χ3n) is 4.79. The molecule has 1 aliphatic heterocycles. The van der Waals surface area contributed by atoms with Gasteiger partial charge in [0, 0.05) is 0 Å². The molecule has 0 unspecified atom stereocenters. The van der Waals surface area contributed by atoms with Gasteiger partial charge in [0.25, 0.3) is 11.8 Å². The number of hydrogen-bond acceptors (Lipinski definition) is 3. The summed E-state index contributed by atoms with van der Waals surface area (Å²) in [5, 5.41) is 2.96. The molecule has 2 aromatic rings. The zero-order valence-electron chi connectivity index (χ0n) is 15.8. The second-order valence-corrected chi connectivity index (χ2v) is 7.31. The Morgan fingerprint density at radius 1 is 0.889 bits per heavy atom. The molecule has 0 radical (unpaired) electrons. The van der Waals surface area contributed by atoms with Crippen molar-refractivity contribution in [2.75, 3.05) is 0 Å². The summed E-state index contributed by atoms with van der Waals surface area (Å²) >= 11 is 0. The van der Waals surface area contributed by atoms with Gasteiger partial charge in [-0.05, 0) is 37.0 Å². The number of carbonyl (C=O) groups is 3. The quantitative estimate of drug-likeness (QED) is 0.797. The van der Waals surface area contributed by atoms with Crippen LogP contribution in [0.25, 0.3) is 0 Å². The van der Waals surface area contributed by atoms with Crippen LogP contribution in [0.4, 0.5) is 0 Å². The van der Waals surface area contributed by atoms with Gasteiger partial charge in [0.1, 0.15) is 6.04 Å². The summed E-state index contributed by atoms with van der Waals surface area (Å²) in [5.74, 6) is -0.959. The molecule has 140 valence electrons. The molecule has 1 N–H and O–H groups in total. The van der Waals surface area contributed by atoms with E-state index in [0.29, 0.717) is 17.5 Å². The lowest BCUT2D eigenvalue weighted by Crippen LogP contribution is -2.50. The smallest absolute Gasteiger partial charge is 0.262 e. The van der Waals surface area contributed by atoms with Gasteiger partial charge in [0.2, 0.25) is 5.91 Å². The van der Waals surface area contributed by atoms with Gasteiger partial charge in [-0.3, -0.25) is 19.3 Å². The van der Waals surface area contributed by atoms with Crippen LogP contribution in [0.2, 0.25) is 0 Å². The molecule has 2 aromatic carbocycles. The fourth-order valence-electron chi connectivity index (χ4n) is 3.40. The van der Waals surface area contributed by atoms with Crippen LogP contribution in [0, 0.1) is 5.92 Å². The summed E-state index contributed by atoms with van der Waals surface area (Å²) in [4.78, 5) is 39.8. The Labute approximate surface area is 159 Å². The molecule has 5 heteroatoms. The molecule has 0 aromatic heterocycles. The van der Waals surface area contributed by atoms with Crippen LogP contribution in [0.1, 0.15) is 59.5 Å². The first-order valence-electron chi connectivity index (χ1n) is 9.22. The molecule has 3 amide bonds. The highest BCUT2D eigenvalue weighted by atomic mass is 16.2. The standard InChI is InChI=1S/C22H24N2O3/c1-14(2)13-19(20(25)23-15(3)16-9-5-4-6-10-16)24-21(26)17-11-7-8-12-18(17)22(24)27/h4-12,14-15,19H,13H2,1-3H3,(H,23,25)/t15-,19-/m0/s1. The second kappa shape index (κ2) is 7.74. The van der Waals surface area contributed by atoms with E-state index in [2.05, 4.69) is 5.32 Å². The Balaban J connectivity index is 1.85. The number of hydrogen-bond donors (Lipinski definition) is 1. The zero-order valence-corrected chi connectivity index (χ0v) is 15.8. The van der Waals surface area contributed by atoms with Crippen molar-refractivity contribution in [3.05, 3.63) is 71.3 Å². The van der Waals surface area contributed by atoms with Gasteiger partial charge in [-0.1, -0.05) is 56.3 Å². The van der Waals surface area contributed by atoms with E-state index in [4.69, 9.17) is 0 Å². The number of fused-ring (bicyclic) bond motifs is 1. The van der Waals surface area contributed by atoms with Crippen LogP contribution in [-0.4, -0.2) is 28.7 Å². The Morgan fingerprint density at radius 2 is 1.41 bits per heavy atom. The minimum Gasteiger partial charge on any atom is -0.348 e. The van der Waals surface area contributed by atoms with E-state index in [1.165, 1.54) is 0 Å². The summed E-state index contributed by atoms with van der Waals surface area (Å²) in [5.41, 5.74) is 1.69. The average molecular weight is 364 g/mol. The van der Waals surface area contributed by atoms with Crippen LogP contribution in [0.3, 0.4) is 0 Å². The molecule has 27 heavy (non-hydrogen) atoms. The molecule has 0 bridgehead atoms. The lowest BCUT2D eigenvalue weighted by atomic mass is 10.0. The molecule has 1 aliphatic rings. The molecular weight excluding hydrogens is 340 g/mol. The number of benzene rings is 2. The van der Waals surface area contributed by atoms with Crippen molar-refractivity contribution in [3.8, 4) is 0 Å². The first kappa shape index (κ1) is 18.8. The van der Waals surface area contributed by atoms with Gasteiger partial charge in [-0.15, -0.1) is 0 Å². The maximum Gasteiger partial charge on any atom is 0.262 e. The fraction of sp³-hybridized carbons (Fsp3) is 0.318. The molecule has 2 atom stereocenters. The number of nitrogens with one attached hydrogen (secondary N) is 1. The van der Waals surface area contributed by atoms with E-state index in [1.807, 2.05) is 51.1 Å². The number of nitrogens with zero attached hydrogens (tertiary/aromatic N) is 1. The molecular formula is C22H24N2O3. The average Bonchev–Trinajstić information content (AvgIpc) is 2.91. The summed E-state index contributed by atoms with van der Waals surface area (Å²) in [6.07, 6.45) is 0.415. The Bertz CT molecular complexity index is 826. The molecule has 5 nitrogen and oxygen atoms in total. The Hall–Kier alpha value is -2.95. The second-order valence-electron chi connectivity index (χ2n) is 7.31. The third-order valence-corrected chi connectivity index (χ3v) is 4.79. The van der Waals surface area contributed by atoms with Crippen molar-refractivity contribution in [2.24, 2.45) is 5.92 Å². The maximum absolute atomic E-state index is 13.0. The fourth-order valence-corrected chi connectivity index (χ4v) is 3.40. The normalized spacial score (nSPS) is 15.6. The van der Waals surface area contributed by atoms with E-state index < -0.39 is 17.9 Å². The van der Waals surface area contributed by atoms with Crippen LogP contribution in [0.5, 0.6) is 0 Å². The molecule has 0 fully saturated rings. The first-order chi connectivity index (χ1) is 12.9. The van der Waals surface area contributed by atoms with E-state index >= 15 is 0 Å². The molecule has 0 aliphatic carbocycles. The van der Waals surface area contributed by atoms with Gasteiger partial charge in [0.05, 0.1) is 17.2 Å². The predicted octanol–water partition coefficient (Wildman–Crippen LogP) is 3.57.